The van der Waals surface area contributed by atoms with Gasteiger partial charge in [0.25, 0.3) is 0 Å². The van der Waals surface area contributed by atoms with Crippen molar-refractivity contribution in [3.8, 4) is 17.0 Å². The van der Waals surface area contributed by atoms with Crippen LogP contribution < -0.4 is 10.6 Å². The lowest BCUT2D eigenvalue weighted by Gasteiger charge is -2.36. The molecule has 8 nitrogen and oxygen atoms in total. The number of anilines is 1. The van der Waals surface area contributed by atoms with E-state index in [0.29, 0.717) is 42.3 Å². The number of nitrogens with zero attached hydrogens (tertiary/aromatic N) is 4. The summed E-state index contributed by atoms with van der Waals surface area (Å²) in [7, 11) is 0. The van der Waals surface area contributed by atoms with Crippen molar-refractivity contribution in [3.05, 3.63) is 35.4 Å². The Morgan fingerprint density at radius 1 is 1.23 bits per heavy atom. The number of phenolic OH excluding ortho intramolecular Hbond substituents is 1. The smallest absolute Gasteiger partial charge is 0.416 e. The summed E-state index contributed by atoms with van der Waals surface area (Å²) >= 11 is 0. The van der Waals surface area contributed by atoms with E-state index in [1.54, 1.807) is 13.0 Å². The zero-order valence-corrected chi connectivity index (χ0v) is 19.9. The van der Waals surface area contributed by atoms with E-state index < -0.39 is 17.5 Å². The van der Waals surface area contributed by atoms with Crippen LogP contribution in [0.4, 0.5) is 19.0 Å². The molecule has 190 valence electrons. The molecule has 2 saturated heterocycles. The second-order valence-corrected chi connectivity index (χ2v) is 9.40. The van der Waals surface area contributed by atoms with Crippen LogP contribution in [-0.4, -0.2) is 82.4 Å². The molecular weight excluding hydrogens is 461 g/mol. The van der Waals surface area contributed by atoms with Crippen LogP contribution in [0, 0.1) is 6.92 Å². The number of phenols is 1. The lowest BCUT2D eigenvalue weighted by atomic mass is 10.0. The molecule has 0 bridgehead atoms. The zero-order chi connectivity index (χ0) is 25.2. The number of rotatable bonds is 5. The second kappa shape index (κ2) is 10.4. The van der Waals surface area contributed by atoms with Crippen molar-refractivity contribution in [1.29, 1.82) is 0 Å². The summed E-state index contributed by atoms with van der Waals surface area (Å²) in [4.78, 5) is 16.8. The van der Waals surface area contributed by atoms with E-state index in [0.717, 1.165) is 45.1 Å². The third kappa shape index (κ3) is 6.21. The van der Waals surface area contributed by atoms with Crippen molar-refractivity contribution in [2.24, 2.45) is 0 Å². The van der Waals surface area contributed by atoms with Gasteiger partial charge < -0.3 is 20.6 Å². The van der Waals surface area contributed by atoms with Crippen molar-refractivity contribution in [3.63, 3.8) is 0 Å². The number of aromatic nitrogens is 2. The van der Waals surface area contributed by atoms with E-state index in [9.17, 15) is 23.1 Å². The van der Waals surface area contributed by atoms with Gasteiger partial charge in [-0.3, -0.25) is 9.69 Å². The number of likely N-dealkylation sites (tertiary alicyclic amines) is 1. The lowest BCUT2D eigenvalue weighted by molar-refractivity contribution is -0.137. The molecule has 2 aliphatic heterocycles. The summed E-state index contributed by atoms with van der Waals surface area (Å²) in [5.41, 5.74) is 0.268. The third-order valence-electron chi connectivity index (χ3n) is 6.50. The first-order valence-corrected chi connectivity index (χ1v) is 11.8. The van der Waals surface area contributed by atoms with Gasteiger partial charge in [0.15, 0.2) is 0 Å². The molecule has 0 saturated carbocycles. The van der Waals surface area contributed by atoms with Crippen molar-refractivity contribution >= 4 is 11.7 Å². The minimum atomic E-state index is -4.54. The number of aromatic hydroxyl groups is 1. The molecule has 2 aromatic rings. The van der Waals surface area contributed by atoms with Crippen molar-refractivity contribution < 1.29 is 23.1 Å². The summed E-state index contributed by atoms with van der Waals surface area (Å²) in [6.45, 7) is 8.08. The van der Waals surface area contributed by atoms with E-state index >= 15 is 0 Å². The first-order valence-electron chi connectivity index (χ1n) is 11.8. The first kappa shape index (κ1) is 25.2. The van der Waals surface area contributed by atoms with Crippen LogP contribution in [0.5, 0.6) is 5.75 Å². The van der Waals surface area contributed by atoms with Crippen LogP contribution in [0.1, 0.15) is 30.9 Å². The molecule has 2 aliphatic rings. The van der Waals surface area contributed by atoms with Crippen molar-refractivity contribution in [1.82, 2.24) is 25.3 Å². The highest BCUT2D eigenvalue weighted by Gasteiger charge is 2.31. The lowest BCUT2D eigenvalue weighted by Crippen LogP contribution is -2.54. The highest BCUT2D eigenvalue weighted by atomic mass is 19.4. The maximum atomic E-state index is 12.9. The molecule has 11 heteroatoms. The van der Waals surface area contributed by atoms with Gasteiger partial charge in [-0.15, -0.1) is 10.2 Å². The Hall–Kier alpha value is -2.92. The fourth-order valence-corrected chi connectivity index (χ4v) is 4.71. The van der Waals surface area contributed by atoms with Crippen LogP contribution in [0.3, 0.4) is 0 Å². The maximum absolute atomic E-state index is 12.9. The number of piperazine rings is 1. The minimum Gasteiger partial charge on any atom is -0.507 e. The molecule has 1 amide bonds. The molecule has 0 radical (unpaired) electrons. The van der Waals surface area contributed by atoms with Gasteiger partial charge in [0.1, 0.15) is 11.6 Å². The van der Waals surface area contributed by atoms with E-state index in [4.69, 9.17) is 0 Å². The molecule has 35 heavy (non-hydrogen) atoms. The Kier molecular flexibility index (Phi) is 7.46. The minimum absolute atomic E-state index is 0.0949. The number of benzene rings is 1. The summed E-state index contributed by atoms with van der Waals surface area (Å²) in [6.07, 6.45) is -2.66. The number of aryl methyl sites for hydroxylation is 1. The molecule has 2 fully saturated rings. The molecule has 2 atom stereocenters. The van der Waals surface area contributed by atoms with Crippen LogP contribution in [0.25, 0.3) is 11.3 Å². The third-order valence-corrected chi connectivity index (χ3v) is 6.50. The summed E-state index contributed by atoms with van der Waals surface area (Å²) < 4.78 is 38.7. The monoisotopic (exact) mass is 492 g/mol. The molecule has 0 aliphatic carbocycles. The molecule has 3 N–H and O–H groups in total. The van der Waals surface area contributed by atoms with Crippen LogP contribution >= 0.6 is 0 Å². The number of alkyl halides is 3. The Bertz CT molecular complexity index is 1060. The van der Waals surface area contributed by atoms with E-state index in [1.165, 1.54) is 6.07 Å². The Morgan fingerprint density at radius 2 is 2.03 bits per heavy atom. The highest BCUT2D eigenvalue weighted by Crippen LogP contribution is 2.36. The fraction of sp³-hybridized carbons (Fsp3) is 0.542. The number of piperidine rings is 1. The Balaban J connectivity index is 1.38. The van der Waals surface area contributed by atoms with Gasteiger partial charge in [0.2, 0.25) is 5.91 Å². The summed E-state index contributed by atoms with van der Waals surface area (Å²) in [5, 5.41) is 25.2. The fourth-order valence-electron chi connectivity index (χ4n) is 4.71. The molecule has 1 aromatic heterocycles. The summed E-state index contributed by atoms with van der Waals surface area (Å²) in [6, 6.07) is 4.99. The van der Waals surface area contributed by atoms with Crippen molar-refractivity contribution in [2.45, 2.75) is 44.9 Å². The number of hydrogen-bond donors (Lipinski definition) is 3. The van der Waals surface area contributed by atoms with Crippen LogP contribution in [0.15, 0.2) is 24.3 Å². The predicted molar refractivity (Wildman–Crippen MR) is 126 cm³/mol. The van der Waals surface area contributed by atoms with Gasteiger partial charge in [-0.2, -0.15) is 13.2 Å². The average Bonchev–Trinajstić information content (AvgIpc) is 2.79. The number of nitrogens with one attached hydrogen (secondary N) is 2. The predicted octanol–water partition coefficient (Wildman–Crippen LogP) is 2.87. The number of carbonyl (C=O) groups is 1. The standard InChI is InChI=1S/C24H31F3N6O2/c1-15-10-21(30-31-23(15)19-6-5-17(11-20(19)34)24(25,26)27)29-18-4-3-8-32(13-18)14-22(35)33-9-7-28-16(2)12-33/h5-6,10-11,16,18,28,34H,3-4,7-9,12-14H2,1-2H3,(H,29,30)/t16-,18-/m1/s1. The Morgan fingerprint density at radius 3 is 2.71 bits per heavy atom. The van der Waals surface area contributed by atoms with Gasteiger partial charge in [-0.1, -0.05) is 0 Å². The van der Waals surface area contributed by atoms with E-state index in [-0.39, 0.29) is 17.5 Å². The molecule has 0 unspecified atom stereocenters. The van der Waals surface area contributed by atoms with Gasteiger partial charge in [0, 0.05) is 43.8 Å². The summed E-state index contributed by atoms with van der Waals surface area (Å²) in [5.74, 6) is 0.200. The number of halogens is 3. The van der Waals surface area contributed by atoms with E-state index in [2.05, 4.69) is 32.7 Å². The average molecular weight is 493 g/mol. The molecule has 4 rings (SSSR count). The Labute approximate surface area is 202 Å². The van der Waals surface area contributed by atoms with Gasteiger partial charge in [-0.05, 0) is 63.1 Å². The molecule has 0 spiro atoms. The first-order chi connectivity index (χ1) is 16.6. The van der Waals surface area contributed by atoms with Gasteiger partial charge >= 0.3 is 6.18 Å². The van der Waals surface area contributed by atoms with Crippen molar-refractivity contribution in [2.75, 3.05) is 44.6 Å². The topological polar surface area (TPSA) is 93.6 Å². The largest absolute Gasteiger partial charge is 0.507 e. The number of amides is 1. The second-order valence-electron chi connectivity index (χ2n) is 9.40. The molecule has 1 aromatic carbocycles. The number of hydrogen-bond acceptors (Lipinski definition) is 7. The van der Waals surface area contributed by atoms with Crippen LogP contribution in [0.2, 0.25) is 0 Å². The molecular formula is C24H31F3N6O2. The zero-order valence-electron chi connectivity index (χ0n) is 19.9. The van der Waals surface area contributed by atoms with Gasteiger partial charge in [0.05, 0.1) is 17.8 Å². The normalized spacial score (nSPS) is 21.7. The van der Waals surface area contributed by atoms with E-state index in [1.807, 2.05) is 4.90 Å². The molecule has 3 heterocycles. The quantitative estimate of drug-likeness (QED) is 0.591. The number of carbonyl (C=O) groups excluding carboxylic acids is 1. The highest BCUT2D eigenvalue weighted by molar-refractivity contribution is 5.78. The maximum Gasteiger partial charge on any atom is 0.416 e. The van der Waals surface area contributed by atoms with Crippen LogP contribution in [-0.2, 0) is 11.0 Å². The SMILES string of the molecule is Cc1cc(N[C@@H]2CCCN(CC(=O)N3CCN[C@H](C)C3)C2)nnc1-c1ccc(C(F)(F)F)cc1O. The van der Waals surface area contributed by atoms with Gasteiger partial charge in [-0.25, -0.2) is 0 Å².